The maximum atomic E-state index is 13.2. The first kappa shape index (κ1) is 18.9. The van der Waals surface area contributed by atoms with E-state index in [2.05, 4.69) is 17.2 Å². The molecule has 0 aliphatic heterocycles. The molecule has 1 amide bonds. The van der Waals surface area contributed by atoms with Gasteiger partial charge in [-0.15, -0.1) is 0 Å². The van der Waals surface area contributed by atoms with E-state index >= 15 is 0 Å². The van der Waals surface area contributed by atoms with Gasteiger partial charge < -0.3 is 10.6 Å². The third kappa shape index (κ3) is 4.83. The molecular formula is C22H26N4O. The fraction of sp³-hybridized carbons (Fsp3) is 0.273. The Balaban J connectivity index is 1.79. The molecule has 0 unspecified atom stereocenters. The minimum Gasteiger partial charge on any atom is -0.334 e. The van der Waals surface area contributed by atoms with Gasteiger partial charge in [0.2, 0.25) is 0 Å². The first-order valence-electron chi connectivity index (χ1n) is 9.28. The number of benzene rings is 2. The molecular weight excluding hydrogens is 336 g/mol. The Morgan fingerprint density at radius 1 is 1.04 bits per heavy atom. The zero-order valence-corrected chi connectivity index (χ0v) is 15.7. The molecule has 2 aromatic carbocycles. The van der Waals surface area contributed by atoms with E-state index in [1.54, 1.807) is 6.20 Å². The standard InChI is InChI=1S/C22H26N4O/c1-18-21(15-24-26(18)17-20-11-6-3-7-12-20)22(27)25(14-8-13-23)16-19-9-4-2-5-10-19/h2-7,9-12,15H,8,13-14,16-17,23H2,1H3. The van der Waals surface area contributed by atoms with Crippen LogP contribution in [-0.2, 0) is 13.1 Å². The van der Waals surface area contributed by atoms with Gasteiger partial charge in [-0.25, -0.2) is 0 Å². The van der Waals surface area contributed by atoms with E-state index in [4.69, 9.17) is 5.73 Å². The summed E-state index contributed by atoms with van der Waals surface area (Å²) < 4.78 is 1.88. The van der Waals surface area contributed by atoms with E-state index in [1.807, 2.05) is 65.0 Å². The van der Waals surface area contributed by atoms with Crippen molar-refractivity contribution in [2.45, 2.75) is 26.4 Å². The van der Waals surface area contributed by atoms with E-state index in [0.717, 1.165) is 23.2 Å². The van der Waals surface area contributed by atoms with Gasteiger partial charge in [0.25, 0.3) is 5.91 Å². The van der Waals surface area contributed by atoms with Crippen LogP contribution in [0.2, 0.25) is 0 Å². The largest absolute Gasteiger partial charge is 0.334 e. The number of nitrogens with two attached hydrogens (primary N) is 1. The van der Waals surface area contributed by atoms with E-state index < -0.39 is 0 Å². The predicted octanol–water partition coefficient (Wildman–Crippen LogP) is 3.23. The first-order valence-corrected chi connectivity index (χ1v) is 9.28. The lowest BCUT2D eigenvalue weighted by Crippen LogP contribution is -2.32. The molecule has 0 spiro atoms. The summed E-state index contributed by atoms with van der Waals surface area (Å²) in [6, 6.07) is 20.2. The normalized spacial score (nSPS) is 10.7. The zero-order chi connectivity index (χ0) is 19.1. The quantitative estimate of drug-likeness (QED) is 0.669. The lowest BCUT2D eigenvalue weighted by molar-refractivity contribution is 0.0741. The smallest absolute Gasteiger partial charge is 0.257 e. The summed E-state index contributed by atoms with van der Waals surface area (Å²) in [5.74, 6) is 0.00381. The molecule has 0 fully saturated rings. The van der Waals surface area contributed by atoms with Crippen molar-refractivity contribution in [2.24, 2.45) is 5.73 Å². The van der Waals surface area contributed by atoms with Crippen molar-refractivity contribution in [3.63, 3.8) is 0 Å². The summed E-state index contributed by atoms with van der Waals surface area (Å²) in [5.41, 5.74) is 9.48. The maximum Gasteiger partial charge on any atom is 0.257 e. The molecule has 140 valence electrons. The Bertz CT molecular complexity index is 859. The van der Waals surface area contributed by atoms with Gasteiger partial charge in [0.05, 0.1) is 18.3 Å². The van der Waals surface area contributed by atoms with Crippen molar-refractivity contribution in [2.75, 3.05) is 13.1 Å². The fourth-order valence-corrected chi connectivity index (χ4v) is 3.08. The lowest BCUT2D eigenvalue weighted by Gasteiger charge is -2.22. The van der Waals surface area contributed by atoms with Crippen LogP contribution in [0, 0.1) is 6.92 Å². The Morgan fingerprint density at radius 3 is 2.30 bits per heavy atom. The molecule has 0 radical (unpaired) electrons. The molecule has 3 aromatic rings. The minimum absolute atomic E-state index is 0.00381. The highest BCUT2D eigenvalue weighted by atomic mass is 16.2. The van der Waals surface area contributed by atoms with Crippen LogP contribution in [0.25, 0.3) is 0 Å². The highest BCUT2D eigenvalue weighted by molar-refractivity contribution is 5.95. The van der Waals surface area contributed by atoms with Crippen LogP contribution in [0.1, 0.15) is 33.6 Å². The molecule has 5 heteroatoms. The fourth-order valence-electron chi connectivity index (χ4n) is 3.08. The molecule has 3 rings (SSSR count). The molecule has 1 aromatic heterocycles. The van der Waals surface area contributed by atoms with E-state index in [0.29, 0.717) is 31.7 Å². The molecule has 27 heavy (non-hydrogen) atoms. The molecule has 1 heterocycles. The van der Waals surface area contributed by atoms with Crippen LogP contribution < -0.4 is 5.73 Å². The average Bonchev–Trinajstić information content (AvgIpc) is 3.06. The van der Waals surface area contributed by atoms with Crippen LogP contribution >= 0.6 is 0 Å². The summed E-state index contributed by atoms with van der Waals surface area (Å²) in [6.07, 6.45) is 2.46. The molecule has 0 aliphatic rings. The van der Waals surface area contributed by atoms with E-state index in [9.17, 15) is 4.79 Å². The SMILES string of the molecule is Cc1c(C(=O)N(CCCN)Cc2ccccc2)cnn1Cc1ccccc1. The van der Waals surface area contributed by atoms with Crippen LogP contribution in [0.4, 0.5) is 0 Å². The predicted molar refractivity (Wildman–Crippen MR) is 107 cm³/mol. The van der Waals surface area contributed by atoms with Crippen molar-refractivity contribution in [1.82, 2.24) is 14.7 Å². The minimum atomic E-state index is 0.00381. The third-order valence-corrected chi connectivity index (χ3v) is 4.64. The molecule has 0 atom stereocenters. The summed E-state index contributed by atoms with van der Waals surface area (Å²) >= 11 is 0. The van der Waals surface area contributed by atoms with Crippen molar-refractivity contribution >= 4 is 5.91 Å². The Morgan fingerprint density at radius 2 is 1.67 bits per heavy atom. The van der Waals surface area contributed by atoms with Gasteiger partial charge in [-0.05, 0) is 31.0 Å². The van der Waals surface area contributed by atoms with Crippen molar-refractivity contribution in [3.8, 4) is 0 Å². The van der Waals surface area contributed by atoms with Crippen molar-refractivity contribution < 1.29 is 4.79 Å². The van der Waals surface area contributed by atoms with Gasteiger partial charge in [0, 0.05) is 18.8 Å². The molecule has 5 nitrogen and oxygen atoms in total. The number of carbonyl (C=O) groups excluding carboxylic acids is 1. The topological polar surface area (TPSA) is 64.2 Å². The monoisotopic (exact) mass is 362 g/mol. The molecule has 0 aliphatic carbocycles. The number of hydrogen-bond acceptors (Lipinski definition) is 3. The number of aromatic nitrogens is 2. The Hall–Kier alpha value is -2.92. The molecule has 2 N–H and O–H groups in total. The van der Waals surface area contributed by atoms with Crippen molar-refractivity contribution in [1.29, 1.82) is 0 Å². The second-order valence-corrected chi connectivity index (χ2v) is 6.64. The Kier molecular flexibility index (Phi) is 6.39. The van der Waals surface area contributed by atoms with Gasteiger partial charge in [-0.2, -0.15) is 5.10 Å². The average molecular weight is 362 g/mol. The summed E-state index contributed by atoms with van der Waals surface area (Å²) in [4.78, 5) is 15.0. The van der Waals surface area contributed by atoms with Gasteiger partial charge in [0.1, 0.15) is 0 Å². The second kappa shape index (κ2) is 9.14. The van der Waals surface area contributed by atoms with Gasteiger partial charge in [0.15, 0.2) is 0 Å². The molecule has 0 saturated heterocycles. The van der Waals surface area contributed by atoms with Crippen LogP contribution in [0.5, 0.6) is 0 Å². The second-order valence-electron chi connectivity index (χ2n) is 6.64. The summed E-state index contributed by atoms with van der Waals surface area (Å²) in [7, 11) is 0. The number of rotatable bonds is 8. The number of amides is 1. The van der Waals surface area contributed by atoms with Gasteiger partial charge in [-0.3, -0.25) is 9.48 Å². The van der Waals surface area contributed by atoms with Crippen molar-refractivity contribution in [3.05, 3.63) is 89.2 Å². The maximum absolute atomic E-state index is 13.2. The van der Waals surface area contributed by atoms with Gasteiger partial charge >= 0.3 is 0 Å². The van der Waals surface area contributed by atoms with Crippen LogP contribution in [0.15, 0.2) is 66.9 Å². The third-order valence-electron chi connectivity index (χ3n) is 4.64. The first-order chi connectivity index (χ1) is 13.2. The lowest BCUT2D eigenvalue weighted by atomic mass is 10.1. The van der Waals surface area contributed by atoms with E-state index in [1.165, 1.54) is 0 Å². The number of nitrogens with zero attached hydrogens (tertiary/aromatic N) is 3. The zero-order valence-electron chi connectivity index (χ0n) is 15.7. The number of carbonyl (C=O) groups is 1. The summed E-state index contributed by atoms with van der Waals surface area (Å²) in [6.45, 7) is 4.37. The Labute approximate surface area is 160 Å². The highest BCUT2D eigenvalue weighted by Crippen LogP contribution is 2.15. The van der Waals surface area contributed by atoms with Crippen LogP contribution in [-0.4, -0.2) is 33.7 Å². The van der Waals surface area contributed by atoms with Crippen LogP contribution in [0.3, 0.4) is 0 Å². The van der Waals surface area contributed by atoms with Gasteiger partial charge in [-0.1, -0.05) is 60.7 Å². The number of hydrogen-bond donors (Lipinski definition) is 1. The van der Waals surface area contributed by atoms with E-state index in [-0.39, 0.29) is 5.91 Å². The molecule has 0 bridgehead atoms. The highest BCUT2D eigenvalue weighted by Gasteiger charge is 2.20. The summed E-state index contributed by atoms with van der Waals surface area (Å²) in [5, 5.41) is 4.45. The molecule has 0 saturated carbocycles.